The van der Waals surface area contributed by atoms with E-state index in [2.05, 4.69) is 36.0 Å². The Balaban J connectivity index is 1.61. The molecule has 6 heteroatoms. The van der Waals surface area contributed by atoms with Crippen LogP contribution in [-0.4, -0.2) is 62.7 Å². The van der Waals surface area contributed by atoms with Gasteiger partial charge in [-0.15, -0.1) is 0 Å². The first-order chi connectivity index (χ1) is 14.0. The fourth-order valence-corrected chi connectivity index (χ4v) is 4.75. The molecule has 5 rings (SSSR count). The zero-order valence-corrected chi connectivity index (χ0v) is 17.4. The van der Waals surface area contributed by atoms with Crippen molar-refractivity contribution in [2.75, 3.05) is 26.2 Å². The monoisotopic (exact) mass is 389 g/mol. The van der Waals surface area contributed by atoms with Gasteiger partial charge in [-0.1, -0.05) is 12.1 Å². The number of pyridine rings is 1. The molecule has 0 unspecified atom stereocenters. The van der Waals surface area contributed by atoms with Crippen LogP contribution in [0, 0.1) is 13.8 Å². The topological polar surface area (TPSA) is 54.3 Å². The molecule has 6 nitrogen and oxygen atoms in total. The van der Waals surface area contributed by atoms with E-state index in [1.807, 2.05) is 30.4 Å². The van der Waals surface area contributed by atoms with Crippen molar-refractivity contribution >= 4 is 16.8 Å². The van der Waals surface area contributed by atoms with Gasteiger partial charge in [0.05, 0.1) is 23.0 Å². The van der Waals surface area contributed by atoms with E-state index in [9.17, 15) is 4.79 Å². The third-order valence-corrected chi connectivity index (χ3v) is 6.61. The number of piperazine rings is 1. The molecule has 2 aliphatic rings. The average Bonchev–Trinajstić information content (AvgIpc) is 3.37. The number of benzene rings is 1. The number of aryl methyl sites for hydroxylation is 3. The molecule has 0 bridgehead atoms. The molecule has 2 fully saturated rings. The van der Waals surface area contributed by atoms with Crippen LogP contribution in [0.5, 0.6) is 0 Å². The first kappa shape index (κ1) is 18.3. The number of rotatable bonds is 2. The minimum Gasteiger partial charge on any atom is -0.336 e. The SMILES string of the molecule is Cc1ccc2c(C(=O)N3CCN4CCC[C@@H]4C3)cc(-c3cnn(C)c3)nc2c1C. The van der Waals surface area contributed by atoms with E-state index in [0.717, 1.165) is 52.9 Å². The first-order valence-corrected chi connectivity index (χ1v) is 10.4. The maximum absolute atomic E-state index is 13.6. The summed E-state index contributed by atoms with van der Waals surface area (Å²) in [6, 6.07) is 6.62. The van der Waals surface area contributed by atoms with Gasteiger partial charge in [0, 0.05) is 49.9 Å². The lowest BCUT2D eigenvalue weighted by atomic mass is 9.98. The molecule has 0 spiro atoms. The van der Waals surface area contributed by atoms with Crippen LogP contribution in [0.2, 0.25) is 0 Å². The predicted molar refractivity (Wildman–Crippen MR) is 114 cm³/mol. The van der Waals surface area contributed by atoms with E-state index in [1.54, 1.807) is 4.68 Å². The lowest BCUT2D eigenvalue weighted by Crippen LogP contribution is -2.52. The summed E-state index contributed by atoms with van der Waals surface area (Å²) in [7, 11) is 1.90. The van der Waals surface area contributed by atoms with Gasteiger partial charge in [-0.3, -0.25) is 14.4 Å². The number of hydrogen-bond acceptors (Lipinski definition) is 4. The average molecular weight is 390 g/mol. The minimum atomic E-state index is 0.123. The highest BCUT2D eigenvalue weighted by Crippen LogP contribution is 2.30. The van der Waals surface area contributed by atoms with E-state index in [4.69, 9.17) is 4.98 Å². The molecular formula is C23H27N5O. The number of carbonyl (C=O) groups excluding carboxylic acids is 1. The maximum Gasteiger partial charge on any atom is 0.254 e. The van der Waals surface area contributed by atoms with Gasteiger partial charge in [0.2, 0.25) is 0 Å². The summed E-state index contributed by atoms with van der Waals surface area (Å²) >= 11 is 0. The molecule has 1 atom stereocenters. The Morgan fingerprint density at radius 2 is 2.03 bits per heavy atom. The second-order valence-corrected chi connectivity index (χ2v) is 8.44. The van der Waals surface area contributed by atoms with Gasteiger partial charge in [0.15, 0.2) is 0 Å². The van der Waals surface area contributed by atoms with Crippen molar-refractivity contribution in [3.8, 4) is 11.3 Å². The highest BCUT2D eigenvalue weighted by atomic mass is 16.2. The van der Waals surface area contributed by atoms with Crippen LogP contribution in [-0.2, 0) is 7.05 Å². The molecule has 0 aliphatic carbocycles. The molecule has 0 N–H and O–H groups in total. The third kappa shape index (κ3) is 3.12. The Labute approximate surface area is 171 Å². The molecule has 2 saturated heterocycles. The van der Waals surface area contributed by atoms with Gasteiger partial charge in [-0.2, -0.15) is 5.10 Å². The molecule has 150 valence electrons. The lowest BCUT2D eigenvalue weighted by Gasteiger charge is -2.37. The summed E-state index contributed by atoms with van der Waals surface area (Å²) in [5.41, 5.74) is 5.72. The Bertz CT molecular complexity index is 1100. The summed E-state index contributed by atoms with van der Waals surface area (Å²) in [6.45, 7) is 7.96. The lowest BCUT2D eigenvalue weighted by molar-refractivity contribution is 0.0573. The van der Waals surface area contributed by atoms with Gasteiger partial charge in [0.25, 0.3) is 5.91 Å². The van der Waals surface area contributed by atoms with E-state index < -0.39 is 0 Å². The Hall–Kier alpha value is -2.73. The zero-order chi connectivity index (χ0) is 20.1. The van der Waals surface area contributed by atoms with Crippen molar-refractivity contribution in [1.82, 2.24) is 24.6 Å². The second-order valence-electron chi connectivity index (χ2n) is 8.44. The summed E-state index contributed by atoms with van der Waals surface area (Å²) < 4.78 is 1.77. The molecule has 2 aliphatic heterocycles. The molecule has 29 heavy (non-hydrogen) atoms. The number of carbonyl (C=O) groups is 1. The molecule has 3 aromatic rings. The fourth-order valence-electron chi connectivity index (χ4n) is 4.75. The number of fused-ring (bicyclic) bond motifs is 2. The summed E-state index contributed by atoms with van der Waals surface area (Å²) in [4.78, 5) is 23.2. The molecule has 1 aromatic carbocycles. The predicted octanol–water partition coefficient (Wildman–Crippen LogP) is 3.17. The maximum atomic E-state index is 13.6. The summed E-state index contributed by atoms with van der Waals surface area (Å²) in [5, 5.41) is 5.23. The molecule has 4 heterocycles. The molecule has 0 radical (unpaired) electrons. The molecule has 1 amide bonds. The quantitative estimate of drug-likeness (QED) is 0.676. The van der Waals surface area contributed by atoms with Crippen molar-refractivity contribution in [2.45, 2.75) is 32.7 Å². The summed E-state index contributed by atoms with van der Waals surface area (Å²) in [5.74, 6) is 0.123. The van der Waals surface area contributed by atoms with Crippen molar-refractivity contribution in [3.05, 3.63) is 47.3 Å². The van der Waals surface area contributed by atoms with Gasteiger partial charge < -0.3 is 4.90 Å². The van der Waals surface area contributed by atoms with Crippen LogP contribution in [0.3, 0.4) is 0 Å². The van der Waals surface area contributed by atoms with Crippen LogP contribution < -0.4 is 0 Å². The number of hydrogen-bond donors (Lipinski definition) is 0. The van der Waals surface area contributed by atoms with Crippen molar-refractivity contribution in [2.24, 2.45) is 7.05 Å². The Morgan fingerprint density at radius 1 is 1.17 bits per heavy atom. The van der Waals surface area contributed by atoms with Crippen LogP contribution in [0.25, 0.3) is 22.2 Å². The highest BCUT2D eigenvalue weighted by molar-refractivity contribution is 6.08. The minimum absolute atomic E-state index is 0.123. The van der Waals surface area contributed by atoms with E-state index in [-0.39, 0.29) is 5.91 Å². The van der Waals surface area contributed by atoms with Crippen LogP contribution in [0.1, 0.15) is 34.3 Å². The van der Waals surface area contributed by atoms with Crippen molar-refractivity contribution in [1.29, 1.82) is 0 Å². The van der Waals surface area contributed by atoms with Crippen LogP contribution >= 0.6 is 0 Å². The van der Waals surface area contributed by atoms with E-state index in [1.165, 1.54) is 24.9 Å². The van der Waals surface area contributed by atoms with Crippen LogP contribution in [0.15, 0.2) is 30.6 Å². The first-order valence-electron chi connectivity index (χ1n) is 10.4. The van der Waals surface area contributed by atoms with Gasteiger partial charge >= 0.3 is 0 Å². The normalized spacial score (nSPS) is 19.7. The van der Waals surface area contributed by atoms with Crippen LogP contribution in [0.4, 0.5) is 0 Å². The number of nitrogens with zero attached hydrogens (tertiary/aromatic N) is 5. The van der Waals surface area contributed by atoms with Crippen molar-refractivity contribution in [3.63, 3.8) is 0 Å². The number of amides is 1. The summed E-state index contributed by atoms with van der Waals surface area (Å²) in [6.07, 6.45) is 6.20. The van der Waals surface area contributed by atoms with Crippen molar-refractivity contribution < 1.29 is 4.79 Å². The standard InChI is InChI=1S/C23H27N5O/c1-15-6-7-19-20(23(29)28-10-9-27-8-4-5-18(27)14-28)11-21(25-22(19)16(15)2)17-12-24-26(3)13-17/h6-7,11-13,18H,4-5,8-10,14H2,1-3H3/t18-/m1/s1. The molecule has 0 saturated carbocycles. The second kappa shape index (κ2) is 6.95. The van der Waals surface area contributed by atoms with E-state index in [0.29, 0.717) is 6.04 Å². The zero-order valence-electron chi connectivity index (χ0n) is 17.4. The fraction of sp³-hybridized carbons (Fsp3) is 0.435. The molecule has 2 aromatic heterocycles. The number of aromatic nitrogens is 3. The largest absolute Gasteiger partial charge is 0.336 e. The van der Waals surface area contributed by atoms with Gasteiger partial charge in [-0.05, 0) is 50.4 Å². The third-order valence-electron chi connectivity index (χ3n) is 6.61. The Morgan fingerprint density at radius 3 is 2.83 bits per heavy atom. The van der Waals surface area contributed by atoms with Gasteiger partial charge in [-0.25, -0.2) is 4.98 Å². The molecular weight excluding hydrogens is 362 g/mol. The van der Waals surface area contributed by atoms with Gasteiger partial charge in [0.1, 0.15) is 0 Å². The Kier molecular flexibility index (Phi) is 4.39. The highest BCUT2D eigenvalue weighted by Gasteiger charge is 2.33. The smallest absolute Gasteiger partial charge is 0.254 e. The van der Waals surface area contributed by atoms with E-state index >= 15 is 0 Å².